The molecule has 0 unspecified atom stereocenters. The summed E-state index contributed by atoms with van der Waals surface area (Å²) < 4.78 is 19.3. The number of ether oxygens (including phenoxy) is 1. The average molecular weight is 448 g/mol. The van der Waals surface area contributed by atoms with E-state index in [0.717, 1.165) is 0 Å². The van der Waals surface area contributed by atoms with E-state index >= 15 is 0 Å². The number of halogens is 1. The van der Waals surface area contributed by atoms with Crippen LogP contribution in [0.3, 0.4) is 0 Å². The molecule has 0 radical (unpaired) electrons. The van der Waals surface area contributed by atoms with Crippen molar-refractivity contribution in [2.24, 2.45) is 5.73 Å². The summed E-state index contributed by atoms with van der Waals surface area (Å²) in [6.07, 6.45) is 0.217. The van der Waals surface area contributed by atoms with Crippen LogP contribution in [-0.2, 0) is 15.8 Å². The van der Waals surface area contributed by atoms with Crippen molar-refractivity contribution in [2.75, 3.05) is 6.61 Å². The molecule has 2 aromatic carbocycles. The molecule has 3 N–H and O–H groups in total. The summed E-state index contributed by atoms with van der Waals surface area (Å²) in [6.45, 7) is 3.28. The summed E-state index contributed by atoms with van der Waals surface area (Å²) in [5.41, 5.74) is 5.39. The normalized spacial score (nSPS) is 18.8. The predicted octanol–water partition coefficient (Wildman–Crippen LogP) is 3.89. The van der Waals surface area contributed by atoms with Crippen LogP contribution < -0.4 is 10.5 Å². The maximum Gasteiger partial charge on any atom is 0.231 e. The number of fused-ring (bicyclic) bond motifs is 1. The number of pyridine rings is 1. The molecule has 3 aromatic rings. The lowest BCUT2D eigenvalue weighted by Crippen LogP contribution is -2.40. The molecule has 4 rings (SSSR count). The van der Waals surface area contributed by atoms with Crippen molar-refractivity contribution >= 4 is 11.7 Å². The highest BCUT2D eigenvalue weighted by atomic mass is 19.1. The molecule has 1 aromatic heterocycles. The number of carbonyl (C=O) groups excluding carboxylic acids is 2. The third kappa shape index (κ3) is 4.24. The van der Waals surface area contributed by atoms with E-state index in [2.05, 4.69) is 4.98 Å². The van der Waals surface area contributed by atoms with Crippen LogP contribution in [0, 0.1) is 5.82 Å². The highest BCUT2D eigenvalue weighted by molar-refractivity contribution is 5.96. The molecule has 0 aliphatic carbocycles. The molecule has 0 spiro atoms. The number of hydrogen-bond donors (Lipinski definition) is 2. The number of amides is 1. The number of rotatable bonds is 7. The van der Waals surface area contributed by atoms with Gasteiger partial charge in [0.25, 0.3) is 0 Å². The molecule has 7 heteroatoms. The number of primary amides is 1. The lowest BCUT2D eigenvalue weighted by Gasteiger charge is -2.26. The Hall–Kier alpha value is -3.58. The Kier molecular flexibility index (Phi) is 5.76. The number of nitrogens with zero attached hydrogens (tertiary/aromatic N) is 1. The Balaban J connectivity index is 1.74. The van der Waals surface area contributed by atoms with Crippen LogP contribution in [0.25, 0.3) is 11.3 Å². The summed E-state index contributed by atoms with van der Waals surface area (Å²) in [5, 5.41) is 11.3. The first kappa shape index (κ1) is 22.6. The molecule has 2 atom stereocenters. The van der Waals surface area contributed by atoms with Gasteiger partial charge in [0.15, 0.2) is 5.78 Å². The number of Topliss-reactive ketones (excluding diaryl/α,β-unsaturated/α-hetero) is 1. The van der Waals surface area contributed by atoms with Gasteiger partial charge in [-0.05, 0) is 50.6 Å². The van der Waals surface area contributed by atoms with E-state index in [1.54, 1.807) is 56.3 Å². The molecule has 0 saturated heterocycles. The highest BCUT2D eigenvalue weighted by Gasteiger charge is 2.45. The van der Waals surface area contributed by atoms with Gasteiger partial charge in [-0.2, -0.15) is 0 Å². The Morgan fingerprint density at radius 1 is 1.18 bits per heavy atom. The van der Waals surface area contributed by atoms with Crippen LogP contribution in [0.4, 0.5) is 4.39 Å². The van der Waals surface area contributed by atoms with Crippen molar-refractivity contribution < 1.29 is 23.8 Å². The monoisotopic (exact) mass is 448 g/mol. The van der Waals surface area contributed by atoms with Crippen LogP contribution in [0.2, 0.25) is 0 Å². The standard InChI is InChI=1S/C26H25FN2O4/c1-25(24(28)31)15-33-23-19(25)14-21(29-22(23)17-8-10-18(27)11-9-17)26(2,32)13-12-20(30)16-6-4-3-5-7-16/h3-11,14,32H,12-13,15H2,1-2H3,(H2,28,31)/t25-,26-/m0/s1. The van der Waals surface area contributed by atoms with Gasteiger partial charge < -0.3 is 15.6 Å². The molecule has 170 valence electrons. The smallest absolute Gasteiger partial charge is 0.231 e. The summed E-state index contributed by atoms with van der Waals surface area (Å²) in [4.78, 5) is 29.5. The zero-order chi connectivity index (χ0) is 23.8. The Bertz CT molecular complexity index is 1210. The molecule has 0 fully saturated rings. The van der Waals surface area contributed by atoms with Crippen LogP contribution in [0.5, 0.6) is 5.75 Å². The van der Waals surface area contributed by atoms with Gasteiger partial charge in [0, 0.05) is 23.1 Å². The fraction of sp³-hybridized carbons (Fsp3) is 0.269. The molecule has 1 aliphatic rings. The van der Waals surface area contributed by atoms with Crippen molar-refractivity contribution in [3.8, 4) is 17.0 Å². The van der Waals surface area contributed by atoms with Gasteiger partial charge in [0.1, 0.15) is 34.9 Å². The molecule has 2 heterocycles. The van der Waals surface area contributed by atoms with Crippen LogP contribution >= 0.6 is 0 Å². The predicted molar refractivity (Wildman–Crippen MR) is 121 cm³/mol. The minimum atomic E-state index is -1.48. The van der Waals surface area contributed by atoms with Crippen molar-refractivity contribution in [1.82, 2.24) is 4.98 Å². The molecular formula is C26H25FN2O4. The lowest BCUT2D eigenvalue weighted by atomic mass is 9.81. The second-order valence-corrected chi connectivity index (χ2v) is 8.79. The number of aromatic nitrogens is 1. The number of aliphatic hydroxyl groups is 1. The van der Waals surface area contributed by atoms with E-state index in [4.69, 9.17) is 10.5 Å². The first-order chi connectivity index (χ1) is 15.6. The summed E-state index contributed by atoms with van der Waals surface area (Å²) in [6, 6.07) is 16.2. The molecule has 1 amide bonds. The first-order valence-corrected chi connectivity index (χ1v) is 10.7. The van der Waals surface area contributed by atoms with Crippen molar-refractivity contribution in [1.29, 1.82) is 0 Å². The van der Waals surface area contributed by atoms with Crippen molar-refractivity contribution in [3.05, 3.63) is 83.3 Å². The Morgan fingerprint density at radius 2 is 1.85 bits per heavy atom. The highest BCUT2D eigenvalue weighted by Crippen LogP contribution is 2.45. The Morgan fingerprint density at radius 3 is 2.48 bits per heavy atom. The molecule has 6 nitrogen and oxygen atoms in total. The van der Waals surface area contributed by atoms with Gasteiger partial charge in [-0.3, -0.25) is 9.59 Å². The van der Waals surface area contributed by atoms with Gasteiger partial charge in [-0.15, -0.1) is 0 Å². The van der Waals surface area contributed by atoms with Crippen molar-refractivity contribution in [3.63, 3.8) is 0 Å². The summed E-state index contributed by atoms with van der Waals surface area (Å²) in [5.74, 6) is -0.688. The van der Waals surface area contributed by atoms with E-state index in [1.165, 1.54) is 12.1 Å². The van der Waals surface area contributed by atoms with E-state index in [9.17, 15) is 19.1 Å². The maximum absolute atomic E-state index is 13.5. The number of carbonyl (C=O) groups is 2. The van der Waals surface area contributed by atoms with Crippen LogP contribution in [0.15, 0.2) is 60.7 Å². The van der Waals surface area contributed by atoms with Crippen LogP contribution in [0.1, 0.15) is 48.3 Å². The quantitative estimate of drug-likeness (QED) is 0.534. The molecule has 0 saturated carbocycles. The average Bonchev–Trinajstić information content (AvgIpc) is 3.16. The van der Waals surface area contributed by atoms with Gasteiger partial charge in [-0.1, -0.05) is 30.3 Å². The van der Waals surface area contributed by atoms with Gasteiger partial charge in [-0.25, -0.2) is 9.37 Å². The summed E-state index contributed by atoms with van der Waals surface area (Å²) >= 11 is 0. The summed E-state index contributed by atoms with van der Waals surface area (Å²) in [7, 11) is 0. The zero-order valence-corrected chi connectivity index (χ0v) is 18.5. The number of benzene rings is 2. The van der Waals surface area contributed by atoms with Gasteiger partial charge in [0.05, 0.1) is 5.69 Å². The number of ketones is 1. The van der Waals surface area contributed by atoms with E-state index < -0.39 is 22.7 Å². The zero-order valence-electron chi connectivity index (χ0n) is 18.5. The van der Waals surface area contributed by atoms with E-state index in [0.29, 0.717) is 28.1 Å². The fourth-order valence-electron chi connectivity index (χ4n) is 3.92. The molecule has 33 heavy (non-hydrogen) atoms. The fourth-order valence-corrected chi connectivity index (χ4v) is 3.92. The van der Waals surface area contributed by atoms with Gasteiger partial charge >= 0.3 is 0 Å². The third-order valence-electron chi connectivity index (χ3n) is 6.22. The molecular weight excluding hydrogens is 423 g/mol. The minimum absolute atomic E-state index is 0.0334. The maximum atomic E-state index is 13.5. The van der Waals surface area contributed by atoms with Crippen LogP contribution in [-0.4, -0.2) is 28.4 Å². The third-order valence-corrected chi connectivity index (χ3v) is 6.22. The van der Waals surface area contributed by atoms with E-state index in [1.807, 2.05) is 6.07 Å². The molecule has 1 aliphatic heterocycles. The second kappa shape index (κ2) is 8.41. The molecule has 0 bridgehead atoms. The Labute approximate surface area is 191 Å². The topological polar surface area (TPSA) is 103 Å². The number of nitrogens with two attached hydrogens (primary N) is 1. The van der Waals surface area contributed by atoms with E-state index in [-0.39, 0.29) is 30.9 Å². The minimum Gasteiger partial charge on any atom is -0.489 e. The second-order valence-electron chi connectivity index (χ2n) is 8.79. The number of hydrogen-bond acceptors (Lipinski definition) is 5. The van der Waals surface area contributed by atoms with Gasteiger partial charge in [0.2, 0.25) is 5.91 Å². The first-order valence-electron chi connectivity index (χ1n) is 10.7. The van der Waals surface area contributed by atoms with Crippen molar-refractivity contribution in [2.45, 2.75) is 37.7 Å². The SMILES string of the molecule is C[C@](O)(CCC(=O)c1ccccc1)c1cc2c(c(-c3ccc(F)cc3)n1)OC[C@]2(C)C(N)=O. The lowest BCUT2D eigenvalue weighted by molar-refractivity contribution is -0.123. The largest absolute Gasteiger partial charge is 0.489 e.